The molecule has 0 radical (unpaired) electrons. The number of rotatable bonds is 5. The molecule has 0 aliphatic carbocycles. The Kier molecular flexibility index (Phi) is 5.11. The first-order valence-corrected chi connectivity index (χ1v) is 8.63. The third-order valence-corrected chi connectivity index (χ3v) is 5.20. The first kappa shape index (κ1) is 16.1. The molecular weight excluding hydrogens is 350 g/mol. The molecule has 2 rings (SSSR count). The summed E-state index contributed by atoms with van der Waals surface area (Å²) in [5.41, 5.74) is 1.33. The number of carbonyl (C=O) groups is 1. The van der Waals surface area contributed by atoms with E-state index in [1.54, 1.807) is 0 Å². The molecule has 0 fully saturated rings. The zero-order chi connectivity index (χ0) is 15.5. The van der Waals surface area contributed by atoms with Gasteiger partial charge in [0.15, 0.2) is 0 Å². The van der Waals surface area contributed by atoms with Crippen molar-refractivity contribution >= 4 is 33.4 Å². The van der Waals surface area contributed by atoms with Gasteiger partial charge in [-0.15, -0.1) is 5.10 Å². The minimum atomic E-state index is -0.476. The lowest BCUT2D eigenvalue weighted by molar-refractivity contribution is 0.0917. The summed E-state index contributed by atoms with van der Waals surface area (Å²) in [7, 11) is 0. The SMILES string of the molecule is CC(C)c1nnsc1C(=O)NC(C)(CBr)c1ccccc1. The van der Waals surface area contributed by atoms with Gasteiger partial charge in [0.25, 0.3) is 5.91 Å². The van der Waals surface area contributed by atoms with Crippen molar-refractivity contribution in [1.29, 1.82) is 0 Å². The van der Waals surface area contributed by atoms with Crippen LogP contribution >= 0.6 is 27.5 Å². The van der Waals surface area contributed by atoms with Crippen LogP contribution in [0.2, 0.25) is 0 Å². The molecule has 112 valence electrons. The van der Waals surface area contributed by atoms with E-state index < -0.39 is 5.54 Å². The van der Waals surface area contributed by atoms with Gasteiger partial charge in [0.2, 0.25) is 0 Å². The van der Waals surface area contributed by atoms with Crippen LogP contribution in [0.4, 0.5) is 0 Å². The van der Waals surface area contributed by atoms with E-state index in [-0.39, 0.29) is 11.8 Å². The maximum absolute atomic E-state index is 12.6. The molecule has 0 saturated heterocycles. The van der Waals surface area contributed by atoms with Crippen LogP contribution in [0.5, 0.6) is 0 Å². The second-order valence-electron chi connectivity index (χ2n) is 5.43. The zero-order valence-electron chi connectivity index (χ0n) is 12.3. The first-order valence-electron chi connectivity index (χ1n) is 6.74. The summed E-state index contributed by atoms with van der Waals surface area (Å²) in [5, 5.41) is 7.79. The van der Waals surface area contributed by atoms with E-state index >= 15 is 0 Å². The maximum Gasteiger partial charge on any atom is 0.265 e. The number of nitrogens with zero attached hydrogens (tertiary/aromatic N) is 2. The van der Waals surface area contributed by atoms with Crippen molar-refractivity contribution < 1.29 is 4.79 Å². The Hall–Kier alpha value is -1.27. The molecule has 0 aliphatic rings. The van der Waals surface area contributed by atoms with Gasteiger partial charge >= 0.3 is 0 Å². The van der Waals surface area contributed by atoms with Crippen LogP contribution in [0.15, 0.2) is 30.3 Å². The van der Waals surface area contributed by atoms with E-state index in [2.05, 4.69) is 30.8 Å². The van der Waals surface area contributed by atoms with Crippen LogP contribution in [0.25, 0.3) is 0 Å². The highest BCUT2D eigenvalue weighted by Gasteiger charge is 2.30. The summed E-state index contributed by atoms with van der Waals surface area (Å²) < 4.78 is 3.91. The Bertz CT molecular complexity index is 614. The Morgan fingerprint density at radius 2 is 2.05 bits per heavy atom. The number of nitrogens with one attached hydrogen (secondary N) is 1. The van der Waals surface area contributed by atoms with E-state index in [0.29, 0.717) is 10.2 Å². The Balaban J connectivity index is 2.26. The van der Waals surface area contributed by atoms with Crippen molar-refractivity contribution in [2.24, 2.45) is 0 Å². The molecule has 0 spiro atoms. The number of carbonyl (C=O) groups excluding carboxylic acids is 1. The van der Waals surface area contributed by atoms with Gasteiger partial charge < -0.3 is 5.32 Å². The van der Waals surface area contributed by atoms with Crippen LogP contribution in [-0.2, 0) is 5.54 Å². The summed E-state index contributed by atoms with van der Waals surface area (Å²) >= 11 is 4.65. The molecule has 1 aromatic carbocycles. The van der Waals surface area contributed by atoms with Crippen molar-refractivity contribution in [2.45, 2.75) is 32.2 Å². The molecule has 6 heteroatoms. The lowest BCUT2D eigenvalue weighted by atomic mass is 9.94. The molecule has 21 heavy (non-hydrogen) atoms. The number of halogens is 1. The standard InChI is InChI=1S/C15H18BrN3OS/c1-10(2)12-13(21-19-18-12)14(20)17-15(3,9-16)11-7-5-4-6-8-11/h4-8,10H,9H2,1-3H3,(H,17,20). The van der Waals surface area contributed by atoms with Gasteiger partial charge in [0.05, 0.1) is 11.2 Å². The van der Waals surface area contributed by atoms with E-state index in [4.69, 9.17) is 0 Å². The highest BCUT2D eigenvalue weighted by atomic mass is 79.9. The van der Waals surface area contributed by atoms with Crippen molar-refractivity contribution in [3.63, 3.8) is 0 Å². The lowest BCUT2D eigenvalue weighted by Crippen LogP contribution is -2.45. The van der Waals surface area contributed by atoms with E-state index in [1.807, 2.05) is 51.1 Å². The largest absolute Gasteiger partial charge is 0.341 e. The van der Waals surface area contributed by atoms with Crippen LogP contribution in [0.3, 0.4) is 0 Å². The summed E-state index contributed by atoms with van der Waals surface area (Å²) in [6, 6.07) is 9.92. The molecule has 1 aromatic heterocycles. The van der Waals surface area contributed by atoms with Crippen molar-refractivity contribution in [1.82, 2.24) is 14.9 Å². The predicted molar refractivity (Wildman–Crippen MR) is 89.1 cm³/mol. The van der Waals surface area contributed by atoms with E-state index in [0.717, 1.165) is 22.8 Å². The van der Waals surface area contributed by atoms with Crippen molar-refractivity contribution in [3.8, 4) is 0 Å². The second kappa shape index (κ2) is 6.66. The predicted octanol–water partition coefficient (Wildman–Crippen LogP) is 3.70. The summed E-state index contributed by atoms with van der Waals surface area (Å²) in [6.45, 7) is 6.02. The number of hydrogen-bond acceptors (Lipinski definition) is 4. The summed E-state index contributed by atoms with van der Waals surface area (Å²) in [5.74, 6) is 0.0518. The van der Waals surface area contributed by atoms with Gasteiger partial charge in [-0.1, -0.05) is 64.6 Å². The second-order valence-corrected chi connectivity index (χ2v) is 6.74. The average Bonchev–Trinajstić information content (AvgIpc) is 2.98. The molecule has 1 N–H and O–H groups in total. The number of benzene rings is 1. The van der Waals surface area contributed by atoms with Gasteiger partial charge in [-0.05, 0) is 29.9 Å². The molecular formula is C15H18BrN3OS. The highest BCUT2D eigenvalue weighted by molar-refractivity contribution is 9.09. The third-order valence-electron chi connectivity index (χ3n) is 3.33. The quantitative estimate of drug-likeness (QED) is 0.819. The third kappa shape index (κ3) is 3.49. The molecule has 4 nitrogen and oxygen atoms in total. The fourth-order valence-electron chi connectivity index (χ4n) is 2.03. The number of hydrogen-bond donors (Lipinski definition) is 1. The summed E-state index contributed by atoms with van der Waals surface area (Å²) in [4.78, 5) is 13.2. The van der Waals surface area contributed by atoms with Gasteiger partial charge in [-0.3, -0.25) is 4.79 Å². The molecule has 1 unspecified atom stereocenters. The van der Waals surface area contributed by atoms with Gasteiger partial charge in [0.1, 0.15) is 4.88 Å². The molecule has 0 saturated carbocycles. The molecule has 2 aromatic rings. The zero-order valence-corrected chi connectivity index (χ0v) is 14.7. The molecule has 0 bridgehead atoms. The molecule has 1 heterocycles. The van der Waals surface area contributed by atoms with E-state index in [9.17, 15) is 4.79 Å². The Morgan fingerprint density at radius 1 is 1.38 bits per heavy atom. The number of alkyl halides is 1. The van der Waals surface area contributed by atoms with Crippen LogP contribution in [-0.4, -0.2) is 20.8 Å². The molecule has 1 amide bonds. The smallest absolute Gasteiger partial charge is 0.265 e. The molecule has 0 aliphatic heterocycles. The van der Waals surface area contributed by atoms with Gasteiger partial charge in [-0.25, -0.2) is 0 Å². The minimum absolute atomic E-state index is 0.125. The molecule has 1 atom stereocenters. The Labute approximate surface area is 137 Å². The minimum Gasteiger partial charge on any atom is -0.341 e. The van der Waals surface area contributed by atoms with Crippen molar-refractivity contribution in [2.75, 3.05) is 5.33 Å². The normalized spacial score (nSPS) is 14.0. The maximum atomic E-state index is 12.6. The van der Waals surface area contributed by atoms with Crippen LogP contribution in [0, 0.1) is 0 Å². The fourth-order valence-corrected chi connectivity index (χ4v) is 3.21. The summed E-state index contributed by atoms with van der Waals surface area (Å²) in [6.07, 6.45) is 0. The lowest BCUT2D eigenvalue weighted by Gasteiger charge is -2.29. The average molecular weight is 368 g/mol. The first-order chi connectivity index (χ1) is 9.98. The van der Waals surface area contributed by atoms with Crippen molar-refractivity contribution in [3.05, 3.63) is 46.5 Å². The monoisotopic (exact) mass is 367 g/mol. The van der Waals surface area contributed by atoms with Crippen LogP contribution < -0.4 is 5.32 Å². The number of amides is 1. The van der Waals surface area contributed by atoms with Gasteiger partial charge in [-0.2, -0.15) is 0 Å². The van der Waals surface area contributed by atoms with Crippen LogP contribution in [0.1, 0.15) is 47.6 Å². The van der Waals surface area contributed by atoms with Gasteiger partial charge in [0, 0.05) is 5.33 Å². The van der Waals surface area contributed by atoms with E-state index in [1.165, 1.54) is 0 Å². The topological polar surface area (TPSA) is 54.9 Å². The number of aromatic nitrogens is 2. The Morgan fingerprint density at radius 3 is 2.62 bits per heavy atom. The fraction of sp³-hybridized carbons (Fsp3) is 0.400. The highest BCUT2D eigenvalue weighted by Crippen LogP contribution is 2.25.